The molecule has 0 spiro atoms. The molecular formula is C66H109NO8P+. The molecule has 0 saturated heterocycles. The normalized spacial score (nSPS) is 14.3. The first kappa shape index (κ1) is 71.9. The molecule has 0 rings (SSSR count). The topological polar surface area (TPSA) is 108 Å². The number of rotatable bonds is 52. The van der Waals surface area contributed by atoms with Crippen molar-refractivity contribution in [2.45, 2.75) is 213 Å². The molecule has 10 heteroatoms. The largest absolute Gasteiger partial charge is 0.472 e. The maximum Gasteiger partial charge on any atom is 0.472 e. The molecule has 9 nitrogen and oxygen atoms in total. The van der Waals surface area contributed by atoms with Crippen molar-refractivity contribution in [2.75, 3.05) is 47.5 Å². The smallest absolute Gasteiger partial charge is 0.462 e. The predicted molar refractivity (Wildman–Crippen MR) is 325 cm³/mol. The van der Waals surface area contributed by atoms with Gasteiger partial charge in [-0.3, -0.25) is 18.6 Å². The number of ether oxygens (including phenoxy) is 2. The minimum Gasteiger partial charge on any atom is -0.462 e. The Morgan fingerprint density at radius 2 is 0.711 bits per heavy atom. The number of phosphoric ester groups is 1. The van der Waals surface area contributed by atoms with Gasteiger partial charge in [0.25, 0.3) is 0 Å². The van der Waals surface area contributed by atoms with Crippen LogP contribution < -0.4 is 0 Å². The first-order chi connectivity index (χ1) is 37.0. The van der Waals surface area contributed by atoms with E-state index in [0.717, 1.165) is 128 Å². The molecule has 76 heavy (non-hydrogen) atoms. The van der Waals surface area contributed by atoms with Crippen LogP contribution in [0.25, 0.3) is 0 Å². The minimum absolute atomic E-state index is 0.0177. The third kappa shape index (κ3) is 59.1. The van der Waals surface area contributed by atoms with Crippen molar-refractivity contribution in [3.8, 4) is 0 Å². The second-order valence-corrected chi connectivity index (χ2v) is 21.7. The quantitative estimate of drug-likeness (QED) is 0.0211. The zero-order chi connectivity index (χ0) is 55.6. The number of allylic oxidation sites excluding steroid dienone is 24. The molecule has 1 N–H and O–H groups in total. The monoisotopic (exact) mass is 1070 g/mol. The molecule has 2 unspecified atom stereocenters. The number of quaternary nitrogens is 1. The summed E-state index contributed by atoms with van der Waals surface area (Å²) in [5.74, 6) is -0.843. The lowest BCUT2D eigenvalue weighted by Gasteiger charge is -2.24. The molecule has 0 aromatic rings. The summed E-state index contributed by atoms with van der Waals surface area (Å²) in [6.45, 7) is 4.15. The fraction of sp³-hybridized carbons (Fsp3) is 0.606. The third-order valence-electron chi connectivity index (χ3n) is 11.9. The maximum atomic E-state index is 12.8. The van der Waals surface area contributed by atoms with Crippen molar-refractivity contribution >= 4 is 19.8 Å². The van der Waals surface area contributed by atoms with Crippen molar-refractivity contribution in [1.29, 1.82) is 0 Å². The van der Waals surface area contributed by atoms with Gasteiger partial charge in [-0.1, -0.05) is 224 Å². The van der Waals surface area contributed by atoms with Gasteiger partial charge in [0.1, 0.15) is 19.8 Å². The van der Waals surface area contributed by atoms with E-state index in [4.69, 9.17) is 18.5 Å². The van der Waals surface area contributed by atoms with E-state index >= 15 is 0 Å². The molecule has 2 atom stereocenters. The van der Waals surface area contributed by atoms with Gasteiger partial charge in [-0.25, -0.2) is 4.57 Å². The molecule has 0 fully saturated rings. The molecule has 0 aliphatic heterocycles. The van der Waals surface area contributed by atoms with Crippen LogP contribution >= 0.6 is 7.82 Å². The van der Waals surface area contributed by atoms with Gasteiger partial charge in [0.2, 0.25) is 0 Å². The van der Waals surface area contributed by atoms with Crippen molar-refractivity contribution < 1.29 is 42.1 Å². The van der Waals surface area contributed by atoms with Gasteiger partial charge < -0.3 is 18.9 Å². The van der Waals surface area contributed by atoms with E-state index in [0.29, 0.717) is 23.9 Å². The van der Waals surface area contributed by atoms with E-state index in [9.17, 15) is 19.0 Å². The van der Waals surface area contributed by atoms with Gasteiger partial charge in [0.15, 0.2) is 6.10 Å². The number of hydrogen-bond acceptors (Lipinski definition) is 7. The second-order valence-electron chi connectivity index (χ2n) is 20.3. The first-order valence-electron chi connectivity index (χ1n) is 29.6. The van der Waals surface area contributed by atoms with E-state index in [1.54, 1.807) is 0 Å². The number of carbonyl (C=O) groups is 2. The Balaban J connectivity index is 4.26. The number of unbranched alkanes of at least 4 members (excludes halogenated alkanes) is 14. The van der Waals surface area contributed by atoms with Gasteiger partial charge in [0, 0.05) is 12.8 Å². The molecule has 0 aromatic carbocycles. The molecule has 430 valence electrons. The molecule has 0 aromatic heterocycles. The minimum atomic E-state index is -4.41. The van der Waals surface area contributed by atoms with Crippen LogP contribution in [-0.4, -0.2) is 74.9 Å². The fourth-order valence-corrected chi connectivity index (χ4v) is 8.12. The SMILES string of the molecule is CC/C=C\C/C=C\C/C=C\C/C=C\C/C=C\C/C=C\CCCCCCCCCCCCC(=O)OC(COC(=O)CCCCCC/C=C\C/C=C\C/C=C\C/C=C\C/C=C\C/C=C\CC)COP(=O)(O)OCC[N+](C)(C)C. The van der Waals surface area contributed by atoms with Crippen LogP contribution in [0, 0.1) is 0 Å². The van der Waals surface area contributed by atoms with Gasteiger partial charge in [-0.15, -0.1) is 0 Å². The van der Waals surface area contributed by atoms with E-state index in [2.05, 4.69) is 160 Å². The number of esters is 2. The lowest BCUT2D eigenvalue weighted by atomic mass is 10.0. The van der Waals surface area contributed by atoms with E-state index in [1.165, 1.54) is 38.5 Å². The van der Waals surface area contributed by atoms with Crippen molar-refractivity contribution in [2.24, 2.45) is 0 Å². The number of phosphoric acid groups is 1. The predicted octanol–water partition coefficient (Wildman–Crippen LogP) is 18.7. The van der Waals surface area contributed by atoms with Crippen LogP contribution in [0.4, 0.5) is 0 Å². The summed E-state index contributed by atoms with van der Waals surface area (Å²) in [5.41, 5.74) is 0. The summed E-state index contributed by atoms with van der Waals surface area (Å²) < 4.78 is 34.6. The van der Waals surface area contributed by atoms with Gasteiger partial charge in [-0.05, 0) is 116 Å². The van der Waals surface area contributed by atoms with Crippen LogP contribution in [0.3, 0.4) is 0 Å². The highest BCUT2D eigenvalue weighted by atomic mass is 31.2. The average Bonchev–Trinajstić information content (AvgIpc) is 3.38. The summed E-state index contributed by atoms with van der Waals surface area (Å²) in [6, 6.07) is 0. The Kier molecular flexibility index (Phi) is 52.6. The zero-order valence-electron chi connectivity index (χ0n) is 48.7. The summed E-state index contributed by atoms with van der Waals surface area (Å²) in [5, 5.41) is 0. The number of hydrogen-bond donors (Lipinski definition) is 1. The van der Waals surface area contributed by atoms with Crippen LogP contribution in [0.2, 0.25) is 0 Å². The summed E-state index contributed by atoms with van der Waals surface area (Å²) >= 11 is 0. The van der Waals surface area contributed by atoms with Crippen molar-refractivity contribution in [1.82, 2.24) is 0 Å². The standard InChI is InChI=1S/C66H108NO8P/c1-6-8-10-12-14-16-18-20-22-24-26-28-30-31-32-33-34-35-37-39-41-43-45-47-49-51-53-55-57-59-66(69)75-64(63-74-76(70,71)73-61-60-67(3,4)5)62-72-65(68)58-56-54-52-50-48-46-44-42-40-38-36-29-27-25-23-21-19-17-15-13-11-9-7-2/h8-11,14-17,20-23,26-29,31-32,34-35,38,40,44,46,64H,6-7,12-13,18-19,24-25,30,33,36-37,39,41-43,45,47-63H2,1-5H3/p+1/b10-8-,11-9-,16-14-,17-15-,22-20-,23-21-,28-26-,29-27-,32-31-,35-34-,40-38-,46-44-. The van der Waals surface area contributed by atoms with Crippen LogP contribution in [0.15, 0.2) is 146 Å². The highest BCUT2D eigenvalue weighted by Gasteiger charge is 2.27. The van der Waals surface area contributed by atoms with E-state index < -0.39 is 32.5 Å². The molecule has 0 radical (unpaired) electrons. The van der Waals surface area contributed by atoms with Gasteiger partial charge >= 0.3 is 19.8 Å². The zero-order valence-corrected chi connectivity index (χ0v) is 49.6. The number of nitrogens with zero attached hydrogens (tertiary/aromatic N) is 1. The molecule has 0 bridgehead atoms. The molecule has 0 aliphatic carbocycles. The molecule has 0 heterocycles. The Morgan fingerprint density at radius 3 is 1.05 bits per heavy atom. The van der Waals surface area contributed by atoms with Crippen LogP contribution in [0.1, 0.15) is 206 Å². The number of carbonyl (C=O) groups excluding carboxylic acids is 2. The first-order valence-corrected chi connectivity index (χ1v) is 31.1. The maximum absolute atomic E-state index is 12.8. The summed E-state index contributed by atoms with van der Waals surface area (Å²) in [6.07, 6.45) is 82.0. The van der Waals surface area contributed by atoms with Crippen molar-refractivity contribution in [3.63, 3.8) is 0 Å². The van der Waals surface area contributed by atoms with E-state index in [-0.39, 0.29) is 26.1 Å². The van der Waals surface area contributed by atoms with Crippen LogP contribution in [-0.2, 0) is 32.7 Å². The second kappa shape index (κ2) is 55.6. The Labute approximate surface area is 465 Å². The molecule has 0 amide bonds. The lowest BCUT2D eigenvalue weighted by Crippen LogP contribution is -2.37. The highest BCUT2D eigenvalue weighted by Crippen LogP contribution is 2.43. The Hall–Kier alpha value is -4.11. The lowest BCUT2D eigenvalue weighted by molar-refractivity contribution is -0.870. The van der Waals surface area contributed by atoms with Crippen molar-refractivity contribution in [3.05, 3.63) is 146 Å². The van der Waals surface area contributed by atoms with Crippen LogP contribution in [0.5, 0.6) is 0 Å². The fourth-order valence-electron chi connectivity index (χ4n) is 7.37. The van der Waals surface area contributed by atoms with E-state index in [1.807, 2.05) is 21.1 Å². The summed E-state index contributed by atoms with van der Waals surface area (Å²) in [4.78, 5) is 35.7. The Morgan fingerprint density at radius 1 is 0.408 bits per heavy atom. The Bertz CT molecular complexity index is 1790. The van der Waals surface area contributed by atoms with Gasteiger partial charge in [-0.2, -0.15) is 0 Å². The molecule has 0 saturated carbocycles. The highest BCUT2D eigenvalue weighted by molar-refractivity contribution is 7.47. The summed E-state index contributed by atoms with van der Waals surface area (Å²) in [7, 11) is 1.44. The number of likely N-dealkylation sites (N-methyl/N-ethyl adjacent to an activating group) is 1. The van der Waals surface area contributed by atoms with Gasteiger partial charge in [0.05, 0.1) is 27.7 Å². The molecular weight excluding hydrogens is 966 g/mol. The third-order valence-corrected chi connectivity index (χ3v) is 12.8. The average molecular weight is 1080 g/mol. The molecule has 0 aliphatic rings.